The molecule has 0 aromatic heterocycles. The van der Waals surface area contributed by atoms with Crippen LogP contribution in [0.2, 0.25) is 0 Å². The Morgan fingerprint density at radius 3 is 2.00 bits per heavy atom. The molecule has 0 aromatic rings. The Morgan fingerprint density at radius 1 is 1.29 bits per heavy atom. The maximum atomic E-state index is 10.9. The predicted molar refractivity (Wildman–Crippen MR) is 49.9 cm³/mol. The number of carboxylic acids is 2. The van der Waals surface area contributed by atoms with Crippen LogP contribution in [0.15, 0.2) is 11.6 Å². The van der Waals surface area contributed by atoms with Gasteiger partial charge in [0, 0.05) is 5.57 Å². The SMILES string of the molecule is CC1(C)CC(C)(C(=O)O)C=C1C(=O)O. The van der Waals surface area contributed by atoms with Gasteiger partial charge in [-0.05, 0) is 18.8 Å². The summed E-state index contributed by atoms with van der Waals surface area (Å²) in [4.78, 5) is 21.8. The van der Waals surface area contributed by atoms with Crippen molar-refractivity contribution in [3.05, 3.63) is 11.6 Å². The lowest BCUT2D eigenvalue weighted by atomic mass is 9.79. The summed E-state index contributed by atoms with van der Waals surface area (Å²) < 4.78 is 0. The molecular weight excluding hydrogens is 184 g/mol. The van der Waals surface area contributed by atoms with Crippen LogP contribution in [0.5, 0.6) is 0 Å². The van der Waals surface area contributed by atoms with Crippen molar-refractivity contribution in [2.24, 2.45) is 10.8 Å². The van der Waals surface area contributed by atoms with Crippen molar-refractivity contribution < 1.29 is 19.8 Å². The zero-order valence-electron chi connectivity index (χ0n) is 8.50. The van der Waals surface area contributed by atoms with E-state index in [1.54, 1.807) is 20.8 Å². The molecule has 0 aliphatic heterocycles. The van der Waals surface area contributed by atoms with E-state index in [0.717, 1.165) is 0 Å². The maximum absolute atomic E-state index is 10.9. The Balaban J connectivity index is 3.16. The topological polar surface area (TPSA) is 74.6 Å². The summed E-state index contributed by atoms with van der Waals surface area (Å²) in [5.41, 5.74) is -1.42. The van der Waals surface area contributed by atoms with Crippen molar-refractivity contribution in [1.82, 2.24) is 0 Å². The van der Waals surface area contributed by atoms with Gasteiger partial charge in [-0.25, -0.2) is 4.79 Å². The number of carbonyl (C=O) groups is 2. The fourth-order valence-electron chi connectivity index (χ4n) is 2.07. The van der Waals surface area contributed by atoms with E-state index in [-0.39, 0.29) is 5.57 Å². The molecule has 0 bridgehead atoms. The smallest absolute Gasteiger partial charge is 0.331 e. The summed E-state index contributed by atoms with van der Waals surface area (Å²) in [5, 5.41) is 17.9. The van der Waals surface area contributed by atoms with Gasteiger partial charge in [-0.15, -0.1) is 0 Å². The lowest BCUT2D eigenvalue weighted by Crippen LogP contribution is -2.26. The molecule has 1 aliphatic carbocycles. The Hall–Kier alpha value is -1.32. The molecule has 4 heteroatoms. The van der Waals surface area contributed by atoms with Crippen molar-refractivity contribution in [2.45, 2.75) is 27.2 Å². The molecule has 1 unspecified atom stereocenters. The van der Waals surface area contributed by atoms with Gasteiger partial charge in [0.2, 0.25) is 0 Å². The number of carboxylic acid groups (broad SMARTS) is 2. The van der Waals surface area contributed by atoms with Crippen LogP contribution in [-0.2, 0) is 9.59 Å². The fourth-order valence-corrected chi connectivity index (χ4v) is 2.07. The molecule has 1 rings (SSSR count). The van der Waals surface area contributed by atoms with Gasteiger partial charge < -0.3 is 10.2 Å². The molecule has 0 saturated heterocycles. The second-order valence-electron chi connectivity index (χ2n) is 4.65. The molecule has 0 saturated carbocycles. The van der Waals surface area contributed by atoms with Crippen LogP contribution < -0.4 is 0 Å². The lowest BCUT2D eigenvalue weighted by Gasteiger charge is -2.23. The zero-order valence-corrected chi connectivity index (χ0v) is 8.50. The number of hydrogen-bond acceptors (Lipinski definition) is 2. The monoisotopic (exact) mass is 198 g/mol. The molecule has 0 heterocycles. The average Bonchev–Trinajstić information content (AvgIpc) is 2.22. The third-order valence-electron chi connectivity index (χ3n) is 2.72. The van der Waals surface area contributed by atoms with Crippen molar-refractivity contribution in [3.8, 4) is 0 Å². The standard InChI is InChI=1S/C10H14O4/c1-9(2)5-10(3,8(13)14)4-6(9)7(11)12/h4H,5H2,1-3H3,(H,11,12)(H,13,14). The molecule has 0 fully saturated rings. The van der Waals surface area contributed by atoms with Gasteiger partial charge in [0.05, 0.1) is 5.41 Å². The molecule has 1 atom stereocenters. The number of hydrogen-bond donors (Lipinski definition) is 2. The molecule has 2 N–H and O–H groups in total. The Labute approximate surface area is 82.2 Å². The molecule has 1 aliphatic rings. The lowest BCUT2D eigenvalue weighted by molar-refractivity contribution is -0.145. The second kappa shape index (κ2) is 2.83. The molecule has 0 radical (unpaired) electrons. The summed E-state index contributed by atoms with van der Waals surface area (Å²) in [7, 11) is 0. The molecule has 4 nitrogen and oxygen atoms in total. The highest BCUT2D eigenvalue weighted by atomic mass is 16.4. The highest BCUT2D eigenvalue weighted by molar-refractivity contribution is 5.92. The molecule has 14 heavy (non-hydrogen) atoms. The molecule has 78 valence electrons. The predicted octanol–water partition coefficient (Wildman–Crippen LogP) is 1.52. The minimum atomic E-state index is -1.04. The zero-order chi connectivity index (χ0) is 11.1. The average molecular weight is 198 g/mol. The van der Waals surface area contributed by atoms with E-state index < -0.39 is 22.8 Å². The first-order valence-electron chi connectivity index (χ1n) is 4.39. The third-order valence-corrected chi connectivity index (χ3v) is 2.72. The first kappa shape index (κ1) is 10.8. The Kier molecular flexibility index (Phi) is 2.18. The van der Waals surface area contributed by atoms with Gasteiger partial charge in [0.25, 0.3) is 0 Å². The van der Waals surface area contributed by atoms with Crippen LogP contribution in [0.3, 0.4) is 0 Å². The third kappa shape index (κ3) is 1.52. The fraction of sp³-hybridized carbons (Fsp3) is 0.600. The molecule has 0 amide bonds. The summed E-state index contributed by atoms with van der Waals surface area (Å²) >= 11 is 0. The van der Waals surface area contributed by atoms with E-state index >= 15 is 0 Å². The second-order valence-corrected chi connectivity index (χ2v) is 4.65. The van der Waals surface area contributed by atoms with Crippen molar-refractivity contribution in [3.63, 3.8) is 0 Å². The first-order valence-corrected chi connectivity index (χ1v) is 4.39. The van der Waals surface area contributed by atoms with Crippen LogP contribution in [0, 0.1) is 10.8 Å². The largest absolute Gasteiger partial charge is 0.481 e. The van der Waals surface area contributed by atoms with Gasteiger partial charge in [0.1, 0.15) is 0 Å². The van der Waals surface area contributed by atoms with E-state index in [4.69, 9.17) is 10.2 Å². The van der Waals surface area contributed by atoms with Crippen molar-refractivity contribution in [1.29, 1.82) is 0 Å². The van der Waals surface area contributed by atoms with Crippen LogP contribution in [-0.4, -0.2) is 22.2 Å². The van der Waals surface area contributed by atoms with E-state index in [1.807, 2.05) is 0 Å². The first-order chi connectivity index (χ1) is 6.19. The summed E-state index contributed by atoms with van der Waals surface area (Å²) in [6, 6.07) is 0. The van der Waals surface area contributed by atoms with E-state index in [2.05, 4.69) is 0 Å². The summed E-state index contributed by atoms with van der Waals surface area (Å²) in [6.07, 6.45) is 1.69. The summed E-state index contributed by atoms with van der Waals surface area (Å²) in [6.45, 7) is 5.05. The maximum Gasteiger partial charge on any atom is 0.331 e. The van der Waals surface area contributed by atoms with Crippen molar-refractivity contribution >= 4 is 11.9 Å². The van der Waals surface area contributed by atoms with E-state index in [9.17, 15) is 9.59 Å². The minimum Gasteiger partial charge on any atom is -0.481 e. The normalized spacial score (nSPS) is 29.8. The summed E-state index contributed by atoms with van der Waals surface area (Å²) in [5.74, 6) is -2.00. The minimum absolute atomic E-state index is 0.197. The number of rotatable bonds is 2. The number of aliphatic carboxylic acids is 2. The van der Waals surface area contributed by atoms with Gasteiger partial charge in [0.15, 0.2) is 0 Å². The van der Waals surface area contributed by atoms with Gasteiger partial charge in [-0.1, -0.05) is 19.9 Å². The van der Waals surface area contributed by atoms with Crippen LogP contribution >= 0.6 is 0 Å². The Bertz CT molecular complexity index is 327. The highest BCUT2D eigenvalue weighted by Gasteiger charge is 2.47. The molecule has 0 spiro atoms. The van der Waals surface area contributed by atoms with Crippen LogP contribution in [0.4, 0.5) is 0 Å². The van der Waals surface area contributed by atoms with Crippen LogP contribution in [0.25, 0.3) is 0 Å². The van der Waals surface area contributed by atoms with Crippen molar-refractivity contribution in [2.75, 3.05) is 0 Å². The van der Waals surface area contributed by atoms with Gasteiger partial charge in [-0.3, -0.25) is 4.79 Å². The molecule has 0 aromatic carbocycles. The Morgan fingerprint density at radius 2 is 1.79 bits per heavy atom. The molecular formula is C10H14O4. The van der Waals surface area contributed by atoms with Gasteiger partial charge in [-0.2, -0.15) is 0 Å². The van der Waals surface area contributed by atoms with E-state index in [0.29, 0.717) is 6.42 Å². The van der Waals surface area contributed by atoms with Crippen LogP contribution in [0.1, 0.15) is 27.2 Å². The van der Waals surface area contributed by atoms with Gasteiger partial charge >= 0.3 is 11.9 Å². The van der Waals surface area contributed by atoms with E-state index in [1.165, 1.54) is 6.08 Å². The quantitative estimate of drug-likeness (QED) is 0.705. The highest BCUT2D eigenvalue weighted by Crippen LogP contribution is 2.48.